The van der Waals surface area contributed by atoms with Crippen LogP contribution in [0.25, 0.3) is 0 Å². The first-order valence-corrected chi connectivity index (χ1v) is 11.1. The van der Waals surface area contributed by atoms with Crippen molar-refractivity contribution in [3.63, 3.8) is 0 Å². The van der Waals surface area contributed by atoms with Crippen LogP contribution in [0.5, 0.6) is 0 Å². The summed E-state index contributed by atoms with van der Waals surface area (Å²) in [5.74, 6) is -2.69. The van der Waals surface area contributed by atoms with Crippen molar-refractivity contribution < 1.29 is 41.0 Å². The monoisotopic (exact) mass is 521 g/mol. The molecule has 1 aromatic heterocycles. The lowest BCUT2D eigenvalue weighted by molar-refractivity contribution is -0.376. The number of alkyl halides is 6. The second kappa shape index (κ2) is 9.87. The van der Waals surface area contributed by atoms with Crippen molar-refractivity contribution >= 4 is 17.5 Å². The van der Waals surface area contributed by atoms with E-state index in [0.717, 1.165) is 17.0 Å². The fourth-order valence-electron chi connectivity index (χ4n) is 3.94. The molecule has 0 fully saturated rings. The van der Waals surface area contributed by atoms with Crippen molar-refractivity contribution in [3.05, 3.63) is 46.3 Å². The van der Waals surface area contributed by atoms with Gasteiger partial charge >= 0.3 is 12.4 Å². The molecule has 0 radical (unpaired) electrons. The topological polar surface area (TPSA) is 75.4 Å². The van der Waals surface area contributed by atoms with Gasteiger partial charge in [0.1, 0.15) is 0 Å². The molecule has 6 nitrogen and oxygen atoms in total. The van der Waals surface area contributed by atoms with Crippen LogP contribution >= 0.6 is 0 Å². The fourth-order valence-corrected chi connectivity index (χ4v) is 3.94. The third kappa shape index (κ3) is 5.14. The molecule has 1 aromatic carbocycles. The molecule has 1 N–H and O–H groups in total. The minimum absolute atomic E-state index is 0.0862. The second-order valence-electron chi connectivity index (χ2n) is 9.45. The van der Waals surface area contributed by atoms with Gasteiger partial charge in [-0.2, -0.15) is 31.4 Å². The highest BCUT2D eigenvalue weighted by molar-refractivity contribution is 6.22. The SMILES string of the molecule is Cc1nn(C)c(C)c1C(=O)N(C(=O)C(C)C)c1ccc(C(O)(C(F)(F)F)C(F)(F)F)c(CC(C)C)c1. The van der Waals surface area contributed by atoms with Gasteiger partial charge in [0.25, 0.3) is 11.5 Å². The first-order valence-electron chi connectivity index (χ1n) is 11.1. The molecule has 12 heteroatoms. The van der Waals surface area contributed by atoms with Gasteiger partial charge in [-0.15, -0.1) is 0 Å². The summed E-state index contributed by atoms with van der Waals surface area (Å²) in [6.07, 6.45) is -12.4. The van der Waals surface area contributed by atoms with Crippen molar-refractivity contribution in [2.24, 2.45) is 18.9 Å². The number of carbonyl (C=O) groups excluding carboxylic acids is 2. The summed E-state index contributed by atoms with van der Waals surface area (Å²) in [7, 11) is 1.58. The summed E-state index contributed by atoms with van der Waals surface area (Å²) < 4.78 is 83.3. The molecule has 0 aliphatic rings. The van der Waals surface area contributed by atoms with E-state index in [2.05, 4.69) is 5.10 Å². The summed E-state index contributed by atoms with van der Waals surface area (Å²) >= 11 is 0. The molecule has 0 unspecified atom stereocenters. The number of carbonyl (C=O) groups is 2. The number of imide groups is 1. The molecule has 1 heterocycles. The number of amides is 2. The zero-order valence-corrected chi connectivity index (χ0v) is 21.0. The number of hydrogen-bond acceptors (Lipinski definition) is 4. The van der Waals surface area contributed by atoms with E-state index in [9.17, 15) is 41.0 Å². The van der Waals surface area contributed by atoms with Crippen LogP contribution in [0.3, 0.4) is 0 Å². The van der Waals surface area contributed by atoms with E-state index in [0.29, 0.717) is 17.5 Å². The van der Waals surface area contributed by atoms with Crippen molar-refractivity contribution in [2.75, 3.05) is 4.90 Å². The Morgan fingerprint density at radius 2 is 1.56 bits per heavy atom. The number of rotatable bonds is 6. The van der Waals surface area contributed by atoms with E-state index >= 15 is 0 Å². The number of halogens is 6. The molecule has 0 aliphatic carbocycles. The number of nitrogens with zero attached hydrogens (tertiary/aromatic N) is 3. The maximum Gasteiger partial charge on any atom is 0.430 e. The third-order valence-corrected chi connectivity index (χ3v) is 5.83. The number of aryl methyl sites for hydroxylation is 2. The maximum atomic E-state index is 13.6. The highest BCUT2D eigenvalue weighted by Gasteiger charge is 2.71. The highest BCUT2D eigenvalue weighted by Crippen LogP contribution is 2.51. The van der Waals surface area contributed by atoms with E-state index in [1.54, 1.807) is 34.7 Å². The summed E-state index contributed by atoms with van der Waals surface area (Å²) in [6.45, 7) is 9.27. The van der Waals surface area contributed by atoms with Gasteiger partial charge in [0.05, 0.1) is 16.9 Å². The first kappa shape index (κ1) is 29.3. The van der Waals surface area contributed by atoms with Crippen molar-refractivity contribution in [2.45, 2.75) is 65.9 Å². The largest absolute Gasteiger partial charge is 0.430 e. The molecule has 2 rings (SSSR count). The highest BCUT2D eigenvalue weighted by atomic mass is 19.4. The van der Waals surface area contributed by atoms with E-state index in [4.69, 9.17) is 0 Å². The van der Waals surface area contributed by atoms with Gasteiger partial charge in [-0.1, -0.05) is 33.8 Å². The Morgan fingerprint density at radius 3 is 1.94 bits per heavy atom. The summed E-state index contributed by atoms with van der Waals surface area (Å²) in [4.78, 5) is 27.3. The van der Waals surface area contributed by atoms with Gasteiger partial charge < -0.3 is 5.11 Å². The predicted octanol–water partition coefficient (Wildman–Crippen LogP) is 5.38. The molecule has 0 spiro atoms. The van der Waals surface area contributed by atoms with Crippen molar-refractivity contribution in [3.8, 4) is 0 Å². The predicted molar refractivity (Wildman–Crippen MR) is 120 cm³/mol. The van der Waals surface area contributed by atoms with Gasteiger partial charge in [0.2, 0.25) is 5.91 Å². The van der Waals surface area contributed by atoms with Crippen LogP contribution in [-0.2, 0) is 23.9 Å². The first-order chi connectivity index (χ1) is 16.3. The van der Waals surface area contributed by atoms with Crippen LogP contribution in [0.1, 0.15) is 60.6 Å². The van der Waals surface area contributed by atoms with Gasteiger partial charge in [0.15, 0.2) is 0 Å². The zero-order chi connectivity index (χ0) is 28.0. The lowest BCUT2D eigenvalue weighted by Gasteiger charge is -2.35. The van der Waals surface area contributed by atoms with Crippen LogP contribution in [-0.4, -0.2) is 39.1 Å². The maximum absolute atomic E-state index is 13.6. The molecule has 2 aromatic rings. The second-order valence-corrected chi connectivity index (χ2v) is 9.45. The molecular weight excluding hydrogens is 492 g/mol. The zero-order valence-electron chi connectivity index (χ0n) is 21.0. The van der Waals surface area contributed by atoms with Gasteiger partial charge in [-0.3, -0.25) is 14.3 Å². The number of hydrogen-bond donors (Lipinski definition) is 1. The summed E-state index contributed by atoms with van der Waals surface area (Å²) in [6, 6.07) is 2.21. The number of anilines is 1. The van der Waals surface area contributed by atoms with E-state index in [1.165, 1.54) is 18.5 Å². The standard InChI is InChI=1S/C24H29F6N3O3/c1-12(2)10-16-11-17(8-9-18(16)22(36,23(25,26)27)24(28,29)30)33(20(34)13(3)4)21(35)19-14(5)31-32(7)15(19)6/h8-9,11-13,36H,10H2,1-7H3. The van der Waals surface area contributed by atoms with Crippen molar-refractivity contribution in [1.82, 2.24) is 9.78 Å². The summed E-state index contributed by atoms with van der Waals surface area (Å²) in [5, 5.41) is 14.2. The van der Waals surface area contributed by atoms with Crippen LogP contribution in [0.4, 0.5) is 32.0 Å². The average molecular weight is 522 g/mol. The summed E-state index contributed by atoms with van der Waals surface area (Å²) in [5.41, 5.74) is -6.45. The molecular formula is C24H29F6N3O3. The third-order valence-electron chi connectivity index (χ3n) is 5.83. The Morgan fingerprint density at radius 1 is 1.03 bits per heavy atom. The Kier molecular flexibility index (Phi) is 8.05. The Balaban J connectivity index is 2.85. The lowest BCUT2D eigenvalue weighted by Crippen LogP contribution is -2.54. The Labute approximate surface area is 204 Å². The van der Waals surface area contributed by atoms with Crippen LogP contribution < -0.4 is 4.90 Å². The minimum atomic E-state index is -6.08. The number of benzene rings is 1. The lowest BCUT2D eigenvalue weighted by atomic mass is 9.85. The van der Waals surface area contributed by atoms with E-state index in [1.807, 2.05) is 0 Å². The van der Waals surface area contributed by atoms with Crippen molar-refractivity contribution in [1.29, 1.82) is 0 Å². The normalized spacial score (nSPS) is 13.0. The smallest absolute Gasteiger partial charge is 0.369 e. The number of aromatic nitrogens is 2. The van der Waals surface area contributed by atoms with Crippen LogP contribution in [0.15, 0.2) is 18.2 Å². The van der Waals surface area contributed by atoms with Gasteiger partial charge in [0, 0.05) is 24.2 Å². The molecule has 0 aliphatic heterocycles. The molecule has 0 bridgehead atoms. The fraction of sp³-hybridized carbons (Fsp3) is 0.542. The quantitative estimate of drug-likeness (QED) is 0.519. The van der Waals surface area contributed by atoms with Crippen LogP contribution in [0.2, 0.25) is 0 Å². The minimum Gasteiger partial charge on any atom is -0.369 e. The molecule has 0 saturated heterocycles. The molecule has 0 atom stereocenters. The van der Waals surface area contributed by atoms with Gasteiger partial charge in [-0.25, -0.2) is 4.90 Å². The van der Waals surface area contributed by atoms with E-state index < -0.39 is 52.7 Å². The van der Waals surface area contributed by atoms with E-state index in [-0.39, 0.29) is 17.7 Å². The molecule has 200 valence electrons. The molecule has 36 heavy (non-hydrogen) atoms. The average Bonchev–Trinajstić information content (AvgIpc) is 2.96. The Hall–Kier alpha value is -2.89. The molecule has 2 amide bonds. The number of aliphatic hydroxyl groups is 1. The van der Waals surface area contributed by atoms with Crippen LogP contribution in [0, 0.1) is 25.7 Å². The molecule has 0 saturated carbocycles. The Bertz CT molecular complexity index is 1140. The van der Waals surface area contributed by atoms with Gasteiger partial charge in [-0.05, 0) is 43.9 Å².